The first-order valence-electron chi connectivity index (χ1n) is 14.1. The molecule has 0 aromatic heterocycles. The van der Waals surface area contributed by atoms with E-state index >= 15 is 0 Å². The minimum absolute atomic E-state index is 0.174. The second-order valence-electron chi connectivity index (χ2n) is 10.8. The first-order valence-corrected chi connectivity index (χ1v) is 14.1. The number of carboxylic acids is 1. The normalized spacial score (nSPS) is 43.7. The molecule has 0 bridgehead atoms. The van der Waals surface area contributed by atoms with E-state index in [1.165, 1.54) is 13.8 Å². The molecule has 1 amide bonds. The van der Waals surface area contributed by atoms with E-state index in [2.05, 4.69) is 5.32 Å². The van der Waals surface area contributed by atoms with E-state index in [0.717, 1.165) is 12.8 Å². The molecule has 18 nitrogen and oxygen atoms in total. The quantitative estimate of drug-likeness (QED) is 0.0853. The lowest BCUT2D eigenvalue weighted by Crippen LogP contribution is -2.69. The Morgan fingerprint density at radius 3 is 1.98 bits per heavy atom. The minimum atomic E-state index is -2.00. The van der Waals surface area contributed by atoms with Crippen LogP contribution in [0.25, 0.3) is 0 Å². The molecule has 3 saturated heterocycles. The lowest BCUT2D eigenvalue weighted by atomic mass is 9.94. The van der Waals surface area contributed by atoms with Crippen LogP contribution in [0.15, 0.2) is 0 Å². The Hall–Kier alpha value is -1.62. The number of nitrogens with two attached hydrogens (primary N) is 1. The molecule has 15 atom stereocenters. The average Bonchev–Trinajstić information content (AvgIpc) is 2.96. The number of hydrogen-bond acceptors (Lipinski definition) is 16. The summed E-state index contributed by atoms with van der Waals surface area (Å²) in [5.41, 5.74) is 5.53. The van der Waals surface area contributed by atoms with Crippen molar-refractivity contribution in [3.8, 4) is 0 Å². The van der Waals surface area contributed by atoms with Gasteiger partial charge in [-0.15, -0.1) is 0 Å². The largest absolute Gasteiger partial charge is 0.479 e. The van der Waals surface area contributed by atoms with Gasteiger partial charge >= 0.3 is 5.97 Å². The van der Waals surface area contributed by atoms with Crippen molar-refractivity contribution in [3.63, 3.8) is 0 Å². The van der Waals surface area contributed by atoms with E-state index in [-0.39, 0.29) is 6.61 Å². The first kappa shape index (κ1) is 35.9. The van der Waals surface area contributed by atoms with Crippen LogP contribution in [0.5, 0.6) is 0 Å². The summed E-state index contributed by atoms with van der Waals surface area (Å²) in [6, 6.07) is -1.24. The van der Waals surface area contributed by atoms with Gasteiger partial charge in [0.05, 0.1) is 12.7 Å². The van der Waals surface area contributed by atoms with Gasteiger partial charge in [-0.05, 0) is 32.7 Å². The third-order valence-electron chi connectivity index (χ3n) is 7.53. The van der Waals surface area contributed by atoms with Crippen LogP contribution >= 0.6 is 0 Å². The number of nitrogens with one attached hydrogen (secondary N) is 1. The van der Waals surface area contributed by atoms with Gasteiger partial charge in [0.25, 0.3) is 0 Å². The molecule has 0 aromatic carbocycles. The highest BCUT2D eigenvalue weighted by Crippen LogP contribution is 2.34. The summed E-state index contributed by atoms with van der Waals surface area (Å²) in [5.74, 6) is -2.23. The van der Waals surface area contributed by atoms with Gasteiger partial charge in [0, 0.05) is 13.5 Å². The molecule has 3 rings (SSSR count). The second kappa shape index (κ2) is 16.1. The molecule has 0 radical (unpaired) electrons. The predicted octanol–water partition coefficient (Wildman–Crippen LogP) is -5.16. The lowest BCUT2D eigenvalue weighted by Gasteiger charge is -2.49. The number of unbranched alkanes of at least 4 members (excludes halogenated alkanes) is 2. The van der Waals surface area contributed by atoms with Crippen molar-refractivity contribution in [1.82, 2.24) is 5.32 Å². The summed E-state index contributed by atoms with van der Waals surface area (Å²) in [4.78, 5) is 24.0. The van der Waals surface area contributed by atoms with Gasteiger partial charge in [0.15, 0.2) is 25.0 Å². The van der Waals surface area contributed by atoms with E-state index in [4.69, 9.17) is 34.2 Å². The zero-order valence-corrected chi connectivity index (χ0v) is 23.8. The zero-order chi connectivity index (χ0) is 32.0. The number of aliphatic carboxylic acids is 1. The molecule has 18 heteroatoms. The predicted molar refractivity (Wildman–Crippen MR) is 139 cm³/mol. The Morgan fingerprint density at radius 1 is 0.791 bits per heavy atom. The van der Waals surface area contributed by atoms with E-state index < -0.39 is 111 Å². The maximum absolute atomic E-state index is 12.3. The molecule has 43 heavy (non-hydrogen) atoms. The average molecular weight is 629 g/mol. The number of aliphatic hydroxyl groups is 7. The van der Waals surface area contributed by atoms with Crippen molar-refractivity contribution in [2.24, 2.45) is 5.73 Å². The summed E-state index contributed by atoms with van der Waals surface area (Å²) in [5, 5.41) is 83.7. The molecule has 3 fully saturated rings. The third kappa shape index (κ3) is 8.56. The van der Waals surface area contributed by atoms with Crippen LogP contribution in [-0.2, 0) is 38.0 Å². The SMILES string of the molecule is CC(=O)NC1[C@H](OCCCCCN)O[C@@H](C)[C@@H](O[C@@H]2OC(CO)[C@@H](O)[C@H](O)C2O)[C@@H]1O[C@@H]1OC(C(=O)O)[C@@H](O)[C@H](O)C1O. The number of hydrogen-bond donors (Lipinski definition) is 10. The fourth-order valence-corrected chi connectivity index (χ4v) is 5.15. The molecule has 0 aliphatic carbocycles. The smallest absolute Gasteiger partial charge is 0.335 e. The standard InChI is InChI=1S/C25H44N2O16/c1-9-19(41-24-17(34)14(31)13(30)11(8-28)40-24)20(42-25-18(35)15(32)16(33)21(43-25)22(36)37)12(27-10(2)29)23(39-9)38-7-5-3-4-6-26/h9,11-21,23-25,28,30-35H,3-8,26H2,1-2H3,(H,27,29)(H,36,37)/t9-,11?,12?,13+,14-,15-,16-,17?,18?,19+,20+,21?,23+,24-,25+/m0/s1. The highest BCUT2D eigenvalue weighted by Gasteiger charge is 2.54. The summed E-state index contributed by atoms with van der Waals surface area (Å²) >= 11 is 0. The number of ether oxygens (including phenoxy) is 6. The molecule has 0 saturated carbocycles. The summed E-state index contributed by atoms with van der Waals surface area (Å²) in [7, 11) is 0. The van der Waals surface area contributed by atoms with Crippen LogP contribution in [0.2, 0.25) is 0 Å². The zero-order valence-electron chi connectivity index (χ0n) is 23.8. The molecule has 3 aliphatic heterocycles. The molecule has 5 unspecified atom stereocenters. The highest BCUT2D eigenvalue weighted by molar-refractivity contribution is 5.73. The molecular weight excluding hydrogens is 584 g/mol. The Kier molecular flexibility index (Phi) is 13.4. The number of carbonyl (C=O) groups is 2. The van der Waals surface area contributed by atoms with Crippen molar-refractivity contribution in [2.45, 2.75) is 125 Å². The van der Waals surface area contributed by atoms with Crippen LogP contribution in [0.3, 0.4) is 0 Å². The highest BCUT2D eigenvalue weighted by atomic mass is 16.8. The van der Waals surface area contributed by atoms with Gasteiger partial charge in [-0.3, -0.25) is 4.79 Å². The molecule has 250 valence electrons. The third-order valence-corrected chi connectivity index (χ3v) is 7.53. The van der Waals surface area contributed by atoms with Crippen LogP contribution in [0.1, 0.15) is 33.1 Å². The fraction of sp³-hybridized carbons (Fsp3) is 0.920. The monoisotopic (exact) mass is 628 g/mol. The molecule has 3 heterocycles. The first-order chi connectivity index (χ1) is 20.3. The van der Waals surface area contributed by atoms with E-state index in [1.807, 2.05) is 0 Å². The molecular formula is C25H44N2O16. The Morgan fingerprint density at radius 2 is 1.40 bits per heavy atom. The fourth-order valence-electron chi connectivity index (χ4n) is 5.15. The summed E-state index contributed by atoms with van der Waals surface area (Å²) in [6.07, 6.45) is -21.1. The van der Waals surface area contributed by atoms with E-state index in [0.29, 0.717) is 13.0 Å². The Balaban J connectivity index is 1.94. The number of rotatable bonds is 13. The summed E-state index contributed by atoms with van der Waals surface area (Å²) in [6.45, 7) is 2.62. The van der Waals surface area contributed by atoms with Gasteiger partial charge in [-0.1, -0.05) is 0 Å². The number of carbonyl (C=O) groups excluding carboxylic acids is 1. The van der Waals surface area contributed by atoms with Crippen molar-refractivity contribution in [2.75, 3.05) is 19.8 Å². The van der Waals surface area contributed by atoms with Crippen LogP contribution < -0.4 is 11.1 Å². The number of carboxylic acid groups (broad SMARTS) is 1. The van der Waals surface area contributed by atoms with Crippen molar-refractivity contribution >= 4 is 11.9 Å². The van der Waals surface area contributed by atoms with Crippen LogP contribution in [-0.4, -0.2) is 165 Å². The van der Waals surface area contributed by atoms with Gasteiger partial charge < -0.3 is 80.3 Å². The molecule has 11 N–H and O–H groups in total. The van der Waals surface area contributed by atoms with Crippen molar-refractivity contribution in [1.29, 1.82) is 0 Å². The van der Waals surface area contributed by atoms with E-state index in [9.17, 15) is 50.4 Å². The minimum Gasteiger partial charge on any atom is -0.479 e. The molecule has 0 aromatic rings. The lowest BCUT2D eigenvalue weighted by molar-refractivity contribution is -0.369. The van der Waals surface area contributed by atoms with E-state index in [1.54, 1.807) is 0 Å². The van der Waals surface area contributed by atoms with Gasteiger partial charge in [-0.25, -0.2) is 4.79 Å². The van der Waals surface area contributed by atoms with Crippen LogP contribution in [0, 0.1) is 0 Å². The Bertz CT molecular complexity index is 899. The van der Waals surface area contributed by atoms with Gasteiger partial charge in [-0.2, -0.15) is 0 Å². The maximum Gasteiger partial charge on any atom is 0.335 e. The summed E-state index contributed by atoms with van der Waals surface area (Å²) < 4.78 is 34.6. The Labute approximate surface area is 247 Å². The van der Waals surface area contributed by atoms with Crippen molar-refractivity contribution in [3.05, 3.63) is 0 Å². The van der Waals surface area contributed by atoms with Crippen LogP contribution in [0.4, 0.5) is 0 Å². The topological polar surface area (TPSA) is 289 Å². The van der Waals surface area contributed by atoms with Gasteiger partial charge in [0.1, 0.15) is 61.0 Å². The maximum atomic E-state index is 12.3. The molecule has 3 aliphatic rings. The molecule has 0 spiro atoms. The second-order valence-corrected chi connectivity index (χ2v) is 10.8. The number of amides is 1. The number of aliphatic hydroxyl groups excluding tert-OH is 7. The van der Waals surface area contributed by atoms with Gasteiger partial charge in [0.2, 0.25) is 5.91 Å². The van der Waals surface area contributed by atoms with Crippen molar-refractivity contribution < 1.29 is 78.9 Å².